The molecule has 1 N–H and O–H groups in total. The first-order valence-corrected chi connectivity index (χ1v) is 4.32. The van der Waals surface area contributed by atoms with Gasteiger partial charge in [0.15, 0.2) is 0 Å². The van der Waals surface area contributed by atoms with Crippen LogP contribution in [-0.4, -0.2) is 24.1 Å². The molecule has 0 fully saturated rings. The number of hydrogen-bond donors (Lipinski definition) is 1. The summed E-state index contributed by atoms with van der Waals surface area (Å²) in [6.45, 7) is 7.45. The molecule has 1 aliphatic rings. The third kappa shape index (κ3) is 2.65. The van der Waals surface area contributed by atoms with Crippen LogP contribution in [0, 0.1) is 5.41 Å². The van der Waals surface area contributed by atoms with E-state index in [-0.39, 0.29) is 17.5 Å². The molecule has 0 aromatic rings. The molecule has 4 heteroatoms. The van der Waals surface area contributed by atoms with Crippen molar-refractivity contribution in [2.24, 2.45) is 15.4 Å². The molecule has 1 heterocycles. The first-order chi connectivity index (χ1) is 5.89. The number of carbonyl (C=O) groups is 1. The standard InChI is InChI=1S/C9H15N3O/c1-6-10-5-7(11-6)12-8(13)9(2,3)4/h5-6H,1-4H3,(H,11,12,13). The van der Waals surface area contributed by atoms with Crippen LogP contribution >= 0.6 is 0 Å². The molecular weight excluding hydrogens is 166 g/mol. The maximum Gasteiger partial charge on any atom is 0.230 e. The second kappa shape index (κ2) is 3.28. The Hall–Kier alpha value is -1.19. The van der Waals surface area contributed by atoms with Gasteiger partial charge in [-0.3, -0.25) is 9.79 Å². The van der Waals surface area contributed by atoms with E-state index in [1.807, 2.05) is 27.7 Å². The minimum Gasteiger partial charge on any atom is -0.309 e. The molecule has 1 rings (SSSR count). The zero-order valence-electron chi connectivity index (χ0n) is 8.46. The predicted molar refractivity (Wildman–Crippen MR) is 53.0 cm³/mol. The highest BCUT2D eigenvalue weighted by molar-refractivity contribution is 6.34. The largest absolute Gasteiger partial charge is 0.309 e. The molecule has 0 radical (unpaired) electrons. The smallest absolute Gasteiger partial charge is 0.230 e. The van der Waals surface area contributed by atoms with Gasteiger partial charge in [-0.25, -0.2) is 4.99 Å². The molecule has 1 atom stereocenters. The normalized spacial score (nSPS) is 21.5. The lowest BCUT2D eigenvalue weighted by molar-refractivity contribution is -0.126. The van der Waals surface area contributed by atoms with Crippen LogP contribution in [0.1, 0.15) is 27.7 Å². The Bertz CT molecular complexity index is 273. The summed E-state index contributed by atoms with van der Waals surface area (Å²) in [5, 5.41) is 2.71. The van der Waals surface area contributed by atoms with Crippen LogP contribution in [-0.2, 0) is 4.79 Å². The molecule has 0 aromatic heterocycles. The van der Waals surface area contributed by atoms with Crippen LogP contribution in [0.5, 0.6) is 0 Å². The first-order valence-electron chi connectivity index (χ1n) is 4.32. The summed E-state index contributed by atoms with van der Waals surface area (Å²) < 4.78 is 0. The molecule has 0 aromatic carbocycles. The third-order valence-corrected chi connectivity index (χ3v) is 1.66. The Labute approximate surface area is 78.2 Å². The number of nitrogens with zero attached hydrogens (tertiary/aromatic N) is 2. The first kappa shape index (κ1) is 9.89. The molecule has 0 saturated carbocycles. The fourth-order valence-corrected chi connectivity index (χ4v) is 0.815. The fourth-order valence-electron chi connectivity index (χ4n) is 0.815. The summed E-state index contributed by atoms with van der Waals surface area (Å²) in [6.07, 6.45) is 1.53. The van der Waals surface area contributed by atoms with Crippen LogP contribution in [0.15, 0.2) is 9.98 Å². The molecular formula is C9H15N3O. The van der Waals surface area contributed by atoms with Crippen molar-refractivity contribution in [3.8, 4) is 0 Å². The Morgan fingerprint density at radius 1 is 1.54 bits per heavy atom. The molecule has 72 valence electrons. The van der Waals surface area contributed by atoms with E-state index >= 15 is 0 Å². The number of nitrogens with one attached hydrogen (secondary N) is 1. The van der Waals surface area contributed by atoms with Gasteiger partial charge in [-0.15, -0.1) is 0 Å². The number of rotatable bonds is 0. The van der Waals surface area contributed by atoms with E-state index in [9.17, 15) is 4.79 Å². The van der Waals surface area contributed by atoms with Gasteiger partial charge in [-0.2, -0.15) is 0 Å². The van der Waals surface area contributed by atoms with Gasteiger partial charge in [0.1, 0.15) is 12.0 Å². The maximum atomic E-state index is 11.5. The summed E-state index contributed by atoms with van der Waals surface area (Å²) >= 11 is 0. The van der Waals surface area contributed by atoms with Crippen molar-refractivity contribution in [3.63, 3.8) is 0 Å². The van der Waals surface area contributed by atoms with Crippen molar-refractivity contribution in [3.05, 3.63) is 0 Å². The van der Waals surface area contributed by atoms with Crippen molar-refractivity contribution in [1.82, 2.24) is 5.32 Å². The molecule has 1 aliphatic heterocycles. The number of hydrogen-bond acceptors (Lipinski definition) is 3. The van der Waals surface area contributed by atoms with Gasteiger partial charge in [-0.05, 0) is 6.92 Å². The lowest BCUT2D eigenvalue weighted by Gasteiger charge is -2.16. The quantitative estimate of drug-likeness (QED) is 0.595. The summed E-state index contributed by atoms with van der Waals surface area (Å²) in [7, 11) is 0. The van der Waals surface area contributed by atoms with E-state index in [4.69, 9.17) is 0 Å². The maximum absolute atomic E-state index is 11.5. The van der Waals surface area contributed by atoms with E-state index in [0.29, 0.717) is 5.84 Å². The van der Waals surface area contributed by atoms with Crippen LogP contribution in [0.4, 0.5) is 0 Å². The van der Waals surface area contributed by atoms with Gasteiger partial charge >= 0.3 is 0 Å². The highest BCUT2D eigenvalue weighted by Gasteiger charge is 2.22. The second-order valence-corrected chi connectivity index (χ2v) is 4.13. The monoisotopic (exact) mass is 181 g/mol. The minimum absolute atomic E-state index is 0.0354. The van der Waals surface area contributed by atoms with E-state index in [1.54, 1.807) is 6.21 Å². The SMILES string of the molecule is CC1N=CC(NC(=O)C(C)(C)C)=N1. The van der Waals surface area contributed by atoms with E-state index in [1.165, 1.54) is 0 Å². The van der Waals surface area contributed by atoms with E-state index in [0.717, 1.165) is 0 Å². The Morgan fingerprint density at radius 3 is 2.54 bits per heavy atom. The van der Waals surface area contributed by atoms with Gasteiger partial charge in [0.25, 0.3) is 0 Å². The van der Waals surface area contributed by atoms with Gasteiger partial charge in [-0.1, -0.05) is 20.8 Å². The van der Waals surface area contributed by atoms with Gasteiger partial charge in [0.2, 0.25) is 5.91 Å². The lowest BCUT2D eigenvalue weighted by atomic mass is 9.96. The highest BCUT2D eigenvalue weighted by atomic mass is 16.2. The average molecular weight is 181 g/mol. The molecule has 4 nitrogen and oxygen atoms in total. The van der Waals surface area contributed by atoms with Crippen molar-refractivity contribution < 1.29 is 4.79 Å². The van der Waals surface area contributed by atoms with Gasteiger partial charge in [0, 0.05) is 5.41 Å². The molecule has 0 bridgehead atoms. The Kier molecular flexibility index (Phi) is 2.50. The Balaban J connectivity index is 2.57. The van der Waals surface area contributed by atoms with E-state index in [2.05, 4.69) is 15.3 Å². The van der Waals surface area contributed by atoms with Crippen LogP contribution in [0.25, 0.3) is 0 Å². The zero-order valence-corrected chi connectivity index (χ0v) is 8.46. The number of amides is 1. The van der Waals surface area contributed by atoms with Crippen molar-refractivity contribution in [2.45, 2.75) is 33.9 Å². The summed E-state index contributed by atoms with van der Waals surface area (Å²) in [5.74, 6) is 0.527. The highest BCUT2D eigenvalue weighted by Crippen LogP contribution is 2.12. The van der Waals surface area contributed by atoms with Gasteiger partial charge < -0.3 is 5.32 Å². The third-order valence-electron chi connectivity index (χ3n) is 1.66. The molecule has 0 saturated heterocycles. The van der Waals surface area contributed by atoms with Crippen LogP contribution in [0.2, 0.25) is 0 Å². The number of amidine groups is 1. The van der Waals surface area contributed by atoms with Crippen molar-refractivity contribution >= 4 is 18.0 Å². The topological polar surface area (TPSA) is 53.8 Å². The van der Waals surface area contributed by atoms with E-state index < -0.39 is 0 Å². The van der Waals surface area contributed by atoms with Crippen LogP contribution in [0.3, 0.4) is 0 Å². The molecule has 0 aliphatic carbocycles. The number of carbonyl (C=O) groups excluding carboxylic acids is 1. The van der Waals surface area contributed by atoms with Crippen LogP contribution < -0.4 is 5.32 Å². The average Bonchev–Trinajstić information content (AvgIpc) is 2.33. The summed E-state index contributed by atoms with van der Waals surface area (Å²) in [5.41, 5.74) is -0.387. The molecule has 0 spiro atoms. The van der Waals surface area contributed by atoms with Crippen molar-refractivity contribution in [2.75, 3.05) is 0 Å². The zero-order chi connectivity index (χ0) is 10.1. The van der Waals surface area contributed by atoms with Gasteiger partial charge in [0.05, 0.1) is 6.21 Å². The van der Waals surface area contributed by atoms with Crippen molar-refractivity contribution in [1.29, 1.82) is 0 Å². The molecule has 1 amide bonds. The molecule has 13 heavy (non-hydrogen) atoms. The Morgan fingerprint density at radius 2 is 2.15 bits per heavy atom. The molecule has 1 unspecified atom stereocenters. The lowest BCUT2D eigenvalue weighted by Crippen LogP contribution is -2.39. The number of aliphatic imine (C=N–C) groups is 2. The fraction of sp³-hybridized carbons (Fsp3) is 0.667. The summed E-state index contributed by atoms with van der Waals surface area (Å²) in [6, 6.07) is 0. The predicted octanol–water partition coefficient (Wildman–Crippen LogP) is 0.978. The minimum atomic E-state index is -0.387. The second-order valence-electron chi connectivity index (χ2n) is 4.13. The summed E-state index contributed by atoms with van der Waals surface area (Å²) in [4.78, 5) is 19.6.